The number of aromatic nitrogens is 3. The van der Waals surface area contributed by atoms with E-state index in [4.69, 9.17) is 23.5 Å². The summed E-state index contributed by atoms with van der Waals surface area (Å²) in [5.74, 6) is 1.13. The molecule has 1 saturated carbocycles. The number of fused-ring (bicyclic) bond motifs is 5. The standard InChI is InChI=1S/C42H40N6O6/c1-22(2)33-38-48-34(37-44-21-32(52-37)25-20-43-28-12-6-4-10-24(25)28)35(54-38)42-26-11-5-7-13-29(26)46-40(42)53-31-15-14-23(18-27(31)42)19-30(36(49)47-33)45-39(50)41(51)16-8-3-9-17-41/h4-7,10-15,18,20-22,30,33,40,43,46,51H,3,8-9,16-17,19H2,1-2H3,(H,45,50)(H,47,49)/t30?,33-,40?,42?/m0/s1. The molecule has 6 heterocycles. The van der Waals surface area contributed by atoms with Gasteiger partial charge in [0.05, 0.1) is 6.20 Å². The Bertz CT molecular complexity index is 2460. The molecule has 4 bridgehead atoms. The SMILES string of the molecule is CC(C)[C@@H]1NC(=O)C(NC(=O)C2(O)CCCCC2)Cc2ccc3c(c2)C2(c4ccccc4NC2O3)c2oc1nc2-c1ncc(-c2c[nH]c3ccccc23)o1. The number of hydrogen-bond acceptors (Lipinski definition) is 9. The highest BCUT2D eigenvalue weighted by Crippen LogP contribution is 2.59. The lowest BCUT2D eigenvalue weighted by Gasteiger charge is -2.33. The molecule has 3 aromatic carbocycles. The Morgan fingerprint density at radius 1 is 0.981 bits per heavy atom. The lowest BCUT2D eigenvalue weighted by atomic mass is 9.72. The molecule has 54 heavy (non-hydrogen) atoms. The summed E-state index contributed by atoms with van der Waals surface area (Å²) in [5.41, 5.74) is 3.14. The molecular formula is C42H40N6O6. The molecule has 0 saturated heterocycles. The molecule has 274 valence electrons. The van der Waals surface area contributed by atoms with Gasteiger partial charge in [-0.3, -0.25) is 9.59 Å². The number of aliphatic hydroxyl groups is 1. The largest absolute Gasteiger partial charge is 0.469 e. The first-order valence-corrected chi connectivity index (χ1v) is 18.8. The molecule has 1 aliphatic carbocycles. The van der Waals surface area contributed by atoms with Gasteiger partial charge >= 0.3 is 0 Å². The van der Waals surface area contributed by atoms with Crippen molar-refractivity contribution in [1.29, 1.82) is 0 Å². The monoisotopic (exact) mass is 724 g/mol. The smallest absolute Gasteiger partial charge is 0.252 e. The fourth-order valence-corrected chi connectivity index (χ4v) is 8.89. The van der Waals surface area contributed by atoms with Crippen LogP contribution in [0.4, 0.5) is 5.69 Å². The molecule has 0 radical (unpaired) electrons. The molecule has 10 rings (SSSR count). The van der Waals surface area contributed by atoms with E-state index < -0.39 is 41.1 Å². The summed E-state index contributed by atoms with van der Waals surface area (Å²) >= 11 is 0. The maximum absolute atomic E-state index is 14.3. The van der Waals surface area contributed by atoms with E-state index in [1.807, 2.05) is 80.7 Å². The number of nitrogens with one attached hydrogen (secondary N) is 4. The minimum Gasteiger partial charge on any atom is -0.469 e. The summed E-state index contributed by atoms with van der Waals surface area (Å²) in [7, 11) is 0. The highest BCUT2D eigenvalue weighted by molar-refractivity contribution is 5.94. The summed E-state index contributed by atoms with van der Waals surface area (Å²) < 4.78 is 20.3. The Morgan fingerprint density at radius 2 is 1.80 bits per heavy atom. The van der Waals surface area contributed by atoms with E-state index in [2.05, 4.69) is 27.0 Å². The third-order valence-electron chi connectivity index (χ3n) is 11.7. The zero-order chi connectivity index (χ0) is 36.8. The molecule has 2 amide bonds. The molecule has 12 heteroatoms. The van der Waals surface area contributed by atoms with Crippen molar-refractivity contribution >= 4 is 28.4 Å². The third-order valence-corrected chi connectivity index (χ3v) is 11.7. The van der Waals surface area contributed by atoms with E-state index in [0.717, 1.165) is 58.1 Å². The van der Waals surface area contributed by atoms with Crippen LogP contribution in [-0.2, 0) is 21.4 Å². The first-order valence-electron chi connectivity index (χ1n) is 18.8. The van der Waals surface area contributed by atoms with Crippen LogP contribution in [-0.4, -0.2) is 49.7 Å². The van der Waals surface area contributed by atoms with Crippen molar-refractivity contribution in [3.05, 3.63) is 107 Å². The number of benzene rings is 3. The van der Waals surface area contributed by atoms with Gasteiger partial charge in [-0.1, -0.05) is 81.6 Å². The van der Waals surface area contributed by atoms with Crippen LogP contribution >= 0.6 is 0 Å². The zero-order valence-electron chi connectivity index (χ0n) is 29.9. The van der Waals surface area contributed by atoms with Crippen LogP contribution in [0.5, 0.6) is 5.75 Å². The Labute approximate surface area is 310 Å². The van der Waals surface area contributed by atoms with Gasteiger partial charge in [0.25, 0.3) is 5.91 Å². The predicted octanol–water partition coefficient (Wildman–Crippen LogP) is 6.51. The molecule has 5 N–H and O–H groups in total. The second kappa shape index (κ2) is 12.1. The van der Waals surface area contributed by atoms with Gasteiger partial charge in [0.1, 0.15) is 28.8 Å². The van der Waals surface area contributed by atoms with E-state index in [1.54, 1.807) is 6.20 Å². The summed E-state index contributed by atoms with van der Waals surface area (Å²) in [6.07, 6.45) is 6.37. The Balaban J connectivity index is 1.16. The molecule has 4 atom stereocenters. The van der Waals surface area contributed by atoms with E-state index in [1.165, 1.54) is 0 Å². The maximum atomic E-state index is 14.3. The van der Waals surface area contributed by atoms with Gasteiger partial charge < -0.3 is 39.6 Å². The van der Waals surface area contributed by atoms with E-state index in [0.29, 0.717) is 35.8 Å². The van der Waals surface area contributed by atoms with Gasteiger partial charge in [-0.25, -0.2) is 9.97 Å². The first kappa shape index (κ1) is 32.7. The number of nitrogens with zero attached hydrogens (tertiary/aromatic N) is 2. The minimum absolute atomic E-state index is 0.169. The molecule has 3 aliphatic heterocycles. The van der Waals surface area contributed by atoms with Crippen molar-refractivity contribution in [1.82, 2.24) is 25.6 Å². The van der Waals surface area contributed by atoms with Crippen LogP contribution in [0.15, 0.2) is 88.0 Å². The van der Waals surface area contributed by atoms with E-state index >= 15 is 0 Å². The number of oxazole rings is 2. The van der Waals surface area contributed by atoms with E-state index in [9.17, 15) is 14.7 Å². The average molecular weight is 725 g/mol. The fourth-order valence-electron chi connectivity index (χ4n) is 8.89. The van der Waals surface area contributed by atoms with Crippen molar-refractivity contribution in [2.75, 3.05) is 5.32 Å². The number of hydrogen-bond donors (Lipinski definition) is 5. The number of carbonyl (C=O) groups excluding carboxylic acids is 2. The second-order valence-electron chi connectivity index (χ2n) is 15.4. The number of aromatic amines is 1. The summed E-state index contributed by atoms with van der Waals surface area (Å²) in [6, 6.07) is 20.2. The maximum Gasteiger partial charge on any atom is 0.252 e. The molecule has 1 fully saturated rings. The highest BCUT2D eigenvalue weighted by Gasteiger charge is 2.61. The Hall–Kier alpha value is -5.88. The third kappa shape index (κ3) is 4.85. The highest BCUT2D eigenvalue weighted by atomic mass is 16.5. The predicted molar refractivity (Wildman–Crippen MR) is 199 cm³/mol. The van der Waals surface area contributed by atoms with Crippen molar-refractivity contribution in [3.63, 3.8) is 0 Å². The lowest BCUT2D eigenvalue weighted by molar-refractivity contribution is -0.145. The Kier molecular flexibility index (Phi) is 7.32. The number of ether oxygens (including phenoxy) is 1. The van der Waals surface area contributed by atoms with Gasteiger partial charge in [-0.15, -0.1) is 0 Å². The molecule has 3 aromatic heterocycles. The Morgan fingerprint density at radius 3 is 2.65 bits per heavy atom. The van der Waals surface area contributed by atoms with Crippen LogP contribution in [0, 0.1) is 5.92 Å². The molecule has 3 unspecified atom stereocenters. The van der Waals surface area contributed by atoms with Gasteiger partial charge in [0.2, 0.25) is 17.7 Å². The normalized spacial score (nSPS) is 23.8. The van der Waals surface area contributed by atoms with Gasteiger partial charge in [0, 0.05) is 40.3 Å². The number of H-pyrrole nitrogens is 1. The van der Waals surface area contributed by atoms with Crippen molar-refractivity contribution in [3.8, 4) is 28.7 Å². The summed E-state index contributed by atoms with van der Waals surface area (Å²) in [6.45, 7) is 3.96. The van der Waals surface area contributed by atoms with Crippen molar-refractivity contribution < 1.29 is 28.3 Å². The van der Waals surface area contributed by atoms with Crippen molar-refractivity contribution in [2.45, 2.75) is 81.7 Å². The molecule has 12 nitrogen and oxygen atoms in total. The number of amides is 2. The van der Waals surface area contributed by atoms with E-state index in [-0.39, 0.29) is 24.1 Å². The number of carbonyl (C=O) groups is 2. The number of anilines is 1. The minimum atomic E-state index is -1.52. The van der Waals surface area contributed by atoms with Gasteiger partial charge in [-0.05, 0) is 48.1 Å². The van der Waals surface area contributed by atoms with Gasteiger partial charge in [0.15, 0.2) is 23.4 Å². The molecule has 4 aliphatic rings. The summed E-state index contributed by atoms with van der Waals surface area (Å²) in [4.78, 5) is 41.2. The molecule has 6 aromatic rings. The van der Waals surface area contributed by atoms with Gasteiger partial charge in [-0.2, -0.15) is 0 Å². The number of rotatable bonds is 5. The van der Waals surface area contributed by atoms with Crippen LogP contribution in [0.25, 0.3) is 33.8 Å². The lowest BCUT2D eigenvalue weighted by Crippen LogP contribution is -2.56. The summed E-state index contributed by atoms with van der Waals surface area (Å²) in [5, 5.41) is 22.0. The quantitative estimate of drug-likeness (QED) is 0.133. The van der Waals surface area contributed by atoms with Crippen LogP contribution in [0.2, 0.25) is 0 Å². The molecule has 1 spiro atoms. The van der Waals surface area contributed by atoms with Crippen LogP contribution in [0.1, 0.15) is 80.3 Å². The fraction of sp³-hybridized carbons (Fsp3) is 0.333. The van der Waals surface area contributed by atoms with Crippen molar-refractivity contribution in [2.24, 2.45) is 5.92 Å². The van der Waals surface area contributed by atoms with Crippen LogP contribution < -0.4 is 20.7 Å². The zero-order valence-corrected chi connectivity index (χ0v) is 29.9. The van der Waals surface area contributed by atoms with Crippen LogP contribution in [0.3, 0.4) is 0 Å². The number of para-hydroxylation sites is 2. The topological polar surface area (TPSA) is 168 Å². The first-order chi connectivity index (χ1) is 26.2. The second-order valence-corrected chi connectivity index (χ2v) is 15.4. The molecular weight excluding hydrogens is 684 g/mol. The average Bonchev–Trinajstić information content (AvgIpc) is 4.00.